The number of carbonyl (C=O) groups excluding carboxylic acids is 3. The molecular weight excluding hydrogens is 340 g/mol. The van der Waals surface area contributed by atoms with Gasteiger partial charge in [0, 0.05) is 35.7 Å². The van der Waals surface area contributed by atoms with Crippen molar-refractivity contribution in [3.8, 4) is 0 Å². The van der Waals surface area contributed by atoms with Crippen LogP contribution in [0, 0.1) is 22.0 Å². The number of benzene rings is 1. The van der Waals surface area contributed by atoms with Gasteiger partial charge in [0.15, 0.2) is 5.78 Å². The molecule has 3 atom stereocenters. The Hall–Kier alpha value is -3.03. The Labute approximate surface area is 149 Å². The fourth-order valence-corrected chi connectivity index (χ4v) is 3.71. The number of non-ortho nitro benzene ring substituents is 1. The van der Waals surface area contributed by atoms with Crippen molar-refractivity contribution < 1.29 is 24.0 Å². The van der Waals surface area contributed by atoms with Crippen LogP contribution in [0.15, 0.2) is 35.5 Å². The molecule has 0 saturated carbocycles. The van der Waals surface area contributed by atoms with Gasteiger partial charge in [0.1, 0.15) is 5.92 Å². The van der Waals surface area contributed by atoms with Gasteiger partial charge in [-0.2, -0.15) is 0 Å². The maximum atomic E-state index is 13.0. The summed E-state index contributed by atoms with van der Waals surface area (Å²) in [5.74, 6) is -2.89. The highest BCUT2D eigenvalue weighted by atomic mass is 16.6. The number of carbonyl (C=O) groups is 3. The van der Waals surface area contributed by atoms with Crippen molar-refractivity contribution >= 4 is 23.3 Å². The lowest BCUT2D eigenvalue weighted by atomic mass is 9.70. The molecule has 26 heavy (non-hydrogen) atoms. The molecule has 0 aromatic heterocycles. The van der Waals surface area contributed by atoms with E-state index in [2.05, 4.69) is 5.32 Å². The molecule has 1 aromatic rings. The number of nitrogens with zero attached hydrogens (tertiary/aromatic N) is 1. The molecule has 1 heterocycles. The summed E-state index contributed by atoms with van der Waals surface area (Å²) < 4.78 is 4.77. The molecule has 8 nitrogen and oxygen atoms in total. The van der Waals surface area contributed by atoms with Crippen LogP contribution in [0.3, 0.4) is 0 Å². The highest BCUT2D eigenvalue weighted by molar-refractivity contribution is 6.11. The number of hydrogen-bond acceptors (Lipinski definition) is 6. The Kier molecular flexibility index (Phi) is 4.58. The Morgan fingerprint density at radius 3 is 2.46 bits per heavy atom. The molecule has 0 radical (unpaired) electrons. The fourth-order valence-electron chi connectivity index (χ4n) is 3.71. The normalized spacial score (nSPS) is 25.4. The van der Waals surface area contributed by atoms with E-state index < -0.39 is 22.7 Å². The van der Waals surface area contributed by atoms with Gasteiger partial charge in [-0.3, -0.25) is 24.5 Å². The predicted molar refractivity (Wildman–Crippen MR) is 89.9 cm³/mol. The maximum absolute atomic E-state index is 13.0. The van der Waals surface area contributed by atoms with Crippen LogP contribution in [0.1, 0.15) is 31.2 Å². The Morgan fingerprint density at radius 1 is 1.23 bits per heavy atom. The lowest BCUT2D eigenvalue weighted by Gasteiger charge is -2.36. The first kappa shape index (κ1) is 17.8. The van der Waals surface area contributed by atoms with Gasteiger partial charge >= 0.3 is 5.97 Å². The van der Waals surface area contributed by atoms with Crippen LogP contribution in [0.5, 0.6) is 0 Å². The van der Waals surface area contributed by atoms with Gasteiger partial charge in [-0.05, 0) is 17.9 Å². The van der Waals surface area contributed by atoms with Crippen LogP contribution >= 0.6 is 0 Å². The van der Waals surface area contributed by atoms with Gasteiger partial charge in [-0.25, -0.2) is 0 Å². The summed E-state index contributed by atoms with van der Waals surface area (Å²) in [6.45, 7) is 1.77. The van der Waals surface area contributed by atoms with E-state index in [0.29, 0.717) is 23.3 Å². The standard InChI is InChI=1S/C18H18N2O6/c1-9-7-13-16(17(22)15(9)18(23)26-2)12(8-14(21)19-13)10-3-5-11(6-4-10)20(24)25/h3-6,9,12,15H,7-8H2,1-2H3,(H,19,21)/t9-,12-,15+/m0/s1. The molecule has 2 aliphatic rings. The number of ketones is 1. The van der Waals surface area contributed by atoms with E-state index in [9.17, 15) is 24.5 Å². The molecule has 136 valence electrons. The van der Waals surface area contributed by atoms with Gasteiger partial charge in [0.05, 0.1) is 12.0 Å². The number of methoxy groups -OCH3 is 1. The first-order chi connectivity index (χ1) is 12.3. The SMILES string of the molecule is COC(=O)[C@H]1C(=O)C2=C(C[C@@H]1C)NC(=O)C[C@H]2c1ccc([N+](=O)[O-])cc1. The van der Waals surface area contributed by atoms with Crippen LogP contribution in [0.4, 0.5) is 5.69 Å². The zero-order chi connectivity index (χ0) is 19.0. The highest BCUT2D eigenvalue weighted by Gasteiger charge is 2.45. The molecule has 8 heteroatoms. The van der Waals surface area contributed by atoms with E-state index in [0.717, 1.165) is 0 Å². The molecular formula is C18H18N2O6. The van der Waals surface area contributed by atoms with E-state index in [-0.39, 0.29) is 29.7 Å². The number of ether oxygens (including phenoxy) is 1. The van der Waals surface area contributed by atoms with Crippen molar-refractivity contribution in [2.45, 2.75) is 25.7 Å². The van der Waals surface area contributed by atoms with Gasteiger partial charge in [-0.15, -0.1) is 0 Å². The molecule has 0 spiro atoms. The number of rotatable bonds is 3. The Morgan fingerprint density at radius 2 is 1.88 bits per heavy atom. The zero-order valence-electron chi connectivity index (χ0n) is 14.4. The number of esters is 1. The van der Waals surface area contributed by atoms with E-state index >= 15 is 0 Å². The Bertz CT molecular complexity index is 827. The quantitative estimate of drug-likeness (QED) is 0.381. The van der Waals surface area contributed by atoms with Crippen molar-refractivity contribution in [2.75, 3.05) is 7.11 Å². The number of nitro groups is 1. The lowest BCUT2D eigenvalue weighted by molar-refractivity contribution is -0.384. The summed E-state index contributed by atoms with van der Waals surface area (Å²) >= 11 is 0. The topological polar surface area (TPSA) is 116 Å². The van der Waals surface area contributed by atoms with Crippen molar-refractivity contribution in [3.05, 3.63) is 51.2 Å². The lowest BCUT2D eigenvalue weighted by Crippen LogP contribution is -2.44. The van der Waals surface area contributed by atoms with Crippen LogP contribution in [0.25, 0.3) is 0 Å². The van der Waals surface area contributed by atoms with Gasteiger partial charge in [-0.1, -0.05) is 19.1 Å². The monoisotopic (exact) mass is 358 g/mol. The summed E-state index contributed by atoms with van der Waals surface area (Å²) in [5.41, 5.74) is 1.48. The second-order valence-electron chi connectivity index (χ2n) is 6.59. The average molecular weight is 358 g/mol. The van der Waals surface area contributed by atoms with E-state index in [4.69, 9.17) is 4.74 Å². The number of hydrogen-bond donors (Lipinski definition) is 1. The molecule has 1 aliphatic carbocycles. The summed E-state index contributed by atoms with van der Waals surface area (Å²) in [5, 5.41) is 13.6. The molecule has 1 aromatic carbocycles. The van der Waals surface area contributed by atoms with Crippen LogP contribution in [0.2, 0.25) is 0 Å². The van der Waals surface area contributed by atoms with Gasteiger partial charge in [0.25, 0.3) is 5.69 Å². The number of amides is 1. The average Bonchev–Trinajstić information content (AvgIpc) is 2.60. The highest BCUT2D eigenvalue weighted by Crippen LogP contribution is 2.42. The minimum absolute atomic E-state index is 0.0463. The van der Waals surface area contributed by atoms with E-state index in [1.807, 2.05) is 0 Å². The number of nitro benzene ring substituents is 1. The maximum Gasteiger partial charge on any atom is 0.316 e. The first-order valence-corrected chi connectivity index (χ1v) is 8.22. The molecule has 3 rings (SSSR count). The molecule has 0 saturated heterocycles. The number of Topliss-reactive ketones (excluding diaryl/α,β-unsaturated/α-hetero) is 1. The molecule has 0 fully saturated rings. The third-order valence-electron chi connectivity index (χ3n) is 4.96. The van der Waals surface area contributed by atoms with Crippen molar-refractivity contribution in [1.29, 1.82) is 0 Å². The van der Waals surface area contributed by atoms with Crippen LogP contribution in [-0.4, -0.2) is 29.7 Å². The summed E-state index contributed by atoms with van der Waals surface area (Å²) in [6.07, 6.45) is 0.431. The zero-order valence-corrected chi connectivity index (χ0v) is 14.4. The number of nitrogens with one attached hydrogen (secondary N) is 1. The van der Waals surface area contributed by atoms with E-state index in [1.165, 1.54) is 19.2 Å². The van der Waals surface area contributed by atoms with Crippen molar-refractivity contribution in [3.63, 3.8) is 0 Å². The van der Waals surface area contributed by atoms with Crippen molar-refractivity contribution in [1.82, 2.24) is 5.32 Å². The Balaban J connectivity index is 2.04. The van der Waals surface area contributed by atoms with Gasteiger partial charge < -0.3 is 10.1 Å². The summed E-state index contributed by atoms with van der Waals surface area (Å²) in [4.78, 5) is 47.5. The molecule has 0 unspecified atom stereocenters. The molecule has 1 aliphatic heterocycles. The molecule has 1 N–H and O–H groups in total. The predicted octanol–water partition coefficient (Wildman–Crippen LogP) is 1.85. The minimum Gasteiger partial charge on any atom is -0.468 e. The smallest absolute Gasteiger partial charge is 0.316 e. The van der Waals surface area contributed by atoms with Crippen LogP contribution < -0.4 is 5.32 Å². The minimum atomic E-state index is -0.908. The van der Waals surface area contributed by atoms with Crippen LogP contribution in [-0.2, 0) is 19.1 Å². The second kappa shape index (κ2) is 6.70. The third kappa shape index (κ3) is 2.98. The number of allylic oxidation sites excluding steroid dienone is 2. The largest absolute Gasteiger partial charge is 0.468 e. The first-order valence-electron chi connectivity index (χ1n) is 8.22. The van der Waals surface area contributed by atoms with E-state index in [1.54, 1.807) is 19.1 Å². The van der Waals surface area contributed by atoms with Crippen molar-refractivity contribution in [2.24, 2.45) is 11.8 Å². The summed E-state index contributed by atoms with van der Waals surface area (Å²) in [6, 6.07) is 5.78. The fraction of sp³-hybridized carbons (Fsp3) is 0.389. The third-order valence-corrected chi connectivity index (χ3v) is 4.96. The summed E-state index contributed by atoms with van der Waals surface area (Å²) in [7, 11) is 1.24. The second-order valence-corrected chi connectivity index (χ2v) is 6.59. The molecule has 0 bridgehead atoms. The van der Waals surface area contributed by atoms with Gasteiger partial charge in [0.2, 0.25) is 5.91 Å². The molecule has 1 amide bonds.